The molecule has 1 atom stereocenters. The summed E-state index contributed by atoms with van der Waals surface area (Å²) in [6, 6.07) is 0. The predicted octanol–water partition coefficient (Wildman–Crippen LogP) is 1.02. The second-order valence-electron chi connectivity index (χ2n) is 6.28. The van der Waals surface area contributed by atoms with Gasteiger partial charge >= 0.3 is 0 Å². The highest BCUT2D eigenvalue weighted by Crippen LogP contribution is 2.20. The molecule has 7 nitrogen and oxygen atoms in total. The molecule has 0 aliphatic carbocycles. The summed E-state index contributed by atoms with van der Waals surface area (Å²) in [6.45, 7) is 4.35. The van der Waals surface area contributed by atoms with Crippen LogP contribution in [-0.2, 0) is 14.3 Å². The standard InChI is InChI=1S/C16H24N4O3/c1-12-9-17-16(18-12)13-10-20(7-8-23-13)15(22)11-19-6-4-2-3-5-14(19)21/h9,13H,2-8,10-11H2,1H3,(H,17,18). The number of morpholine rings is 1. The van der Waals surface area contributed by atoms with Gasteiger partial charge < -0.3 is 19.5 Å². The second kappa shape index (κ2) is 7.12. The van der Waals surface area contributed by atoms with Gasteiger partial charge in [-0.25, -0.2) is 4.98 Å². The molecule has 1 unspecified atom stereocenters. The van der Waals surface area contributed by atoms with Gasteiger partial charge in [0.2, 0.25) is 11.8 Å². The van der Waals surface area contributed by atoms with E-state index in [0.717, 1.165) is 30.8 Å². The number of ether oxygens (including phenoxy) is 1. The first kappa shape index (κ1) is 16.0. The van der Waals surface area contributed by atoms with Crippen molar-refractivity contribution in [2.75, 3.05) is 32.8 Å². The highest BCUT2D eigenvalue weighted by molar-refractivity contribution is 5.85. The number of amides is 2. The molecule has 1 N–H and O–H groups in total. The van der Waals surface area contributed by atoms with Gasteiger partial charge in [0.1, 0.15) is 11.9 Å². The fourth-order valence-corrected chi connectivity index (χ4v) is 3.11. The van der Waals surface area contributed by atoms with E-state index in [-0.39, 0.29) is 24.5 Å². The SMILES string of the molecule is Cc1cnc(C2CN(C(=O)CN3CCCCCC3=O)CCO2)[nH]1. The van der Waals surface area contributed by atoms with Crippen molar-refractivity contribution in [2.24, 2.45) is 0 Å². The van der Waals surface area contributed by atoms with E-state index in [2.05, 4.69) is 9.97 Å². The number of hydrogen-bond acceptors (Lipinski definition) is 4. The zero-order chi connectivity index (χ0) is 16.2. The molecule has 23 heavy (non-hydrogen) atoms. The molecule has 1 aromatic heterocycles. The lowest BCUT2D eigenvalue weighted by Crippen LogP contribution is -2.48. The normalized spacial score (nSPS) is 23.0. The average Bonchev–Trinajstić information content (AvgIpc) is 2.89. The van der Waals surface area contributed by atoms with Crippen LogP contribution in [0, 0.1) is 6.92 Å². The molecule has 0 radical (unpaired) electrons. The Morgan fingerprint density at radius 3 is 3.04 bits per heavy atom. The zero-order valence-corrected chi connectivity index (χ0v) is 13.6. The van der Waals surface area contributed by atoms with Gasteiger partial charge in [0.15, 0.2) is 0 Å². The third kappa shape index (κ3) is 3.90. The van der Waals surface area contributed by atoms with Crippen LogP contribution in [0.1, 0.15) is 43.3 Å². The van der Waals surface area contributed by atoms with Crippen molar-refractivity contribution in [2.45, 2.75) is 38.7 Å². The van der Waals surface area contributed by atoms with Gasteiger partial charge in [0.25, 0.3) is 0 Å². The molecule has 126 valence electrons. The number of aromatic amines is 1. The van der Waals surface area contributed by atoms with Crippen LogP contribution < -0.4 is 0 Å². The Kier molecular flexibility index (Phi) is 4.95. The van der Waals surface area contributed by atoms with Crippen LogP contribution in [0.15, 0.2) is 6.20 Å². The number of H-pyrrole nitrogens is 1. The van der Waals surface area contributed by atoms with Gasteiger partial charge in [0.05, 0.1) is 19.7 Å². The van der Waals surface area contributed by atoms with E-state index in [1.807, 2.05) is 6.92 Å². The molecule has 7 heteroatoms. The van der Waals surface area contributed by atoms with Gasteiger partial charge in [-0.1, -0.05) is 6.42 Å². The lowest BCUT2D eigenvalue weighted by Gasteiger charge is -2.33. The number of hydrogen-bond donors (Lipinski definition) is 1. The molecule has 0 saturated carbocycles. The molecule has 3 rings (SSSR count). The second-order valence-corrected chi connectivity index (χ2v) is 6.28. The summed E-state index contributed by atoms with van der Waals surface area (Å²) in [5.41, 5.74) is 0.974. The van der Waals surface area contributed by atoms with E-state index in [4.69, 9.17) is 4.74 Å². The number of likely N-dealkylation sites (tertiary alicyclic amines) is 1. The van der Waals surface area contributed by atoms with Crippen molar-refractivity contribution in [3.63, 3.8) is 0 Å². The van der Waals surface area contributed by atoms with Crippen LogP contribution in [-0.4, -0.2) is 64.4 Å². The van der Waals surface area contributed by atoms with Gasteiger partial charge in [-0.2, -0.15) is 0 Å². The summed E-state index contributed by atoms with van der Waals surface area (Å²) >= 11 is 0. The van der Waals surface area contributed by atoms with Crippen LogP contribution in [0.25, 0.3) is 0 Å². The average molecular weight is 320 g/mol. The number of carbonyl (C=O) groups is 2. The first-order chi connectivity index (χ1) is 11.1. The number of imidazole rings is 1. The highest BCUT2D eigenvalue weighted by atomic mass is 16.5. The Labute approximate surface area is 136 Å². The molecule has 3 heterocycles. The Balaban J connectivity index is 1.59. The topological polar surface area (TPSA) is 78.5 Å². The monoisotopic (exact) mass is 320 g/mol. The minimum Gasteiger partial charge on any atom is -0.367 e. The number of nitrogens with one attached hydrogen (secondary N) is 1. The molecule has 2 amide bonds. The maximum atomic E-state index is 12.6. The maximum Gasteiger partial charge on any atom is 0.242 e. The summed E-state index contributed by atoms with van der Waals surface area (Å²) in [6.07, 6.45) is 5.08. The molecule has 2 fully saturated rings. The summed E-state index contributed by atoms with van der Waals surface area (Å²) in [5.74, 6) is 0.852. The minimum absolute atomic E-state index is 0.00294. The van der Waals surface area contributed by atoms with Crippen molar-refractivity contribution in [1.29, 1.82) is 0 Å². The number of aromatic nitrogens is 2. The van der Waals surface area contributed by atoms with E-state index < -0.39 is 0 Å². The summed E-state index contributed by atoms with van der Waals surface area (Å²) in [5, 5.41) is 0. The van der Waals surface area contributed by atoms with Crippen LogP contribution in [0.5, 0.6) is 0 Å². The van der Waals surface area contributed by atoms with Gasteiger partial charge in [-0.05, 0) is 19.8 Å². The van der Waals surface area contributed by atoms with Crippen molar-refractivity contribution >= 4 is 11.8 Å². The minimum atomic E-state index is -0.221. The number of rotatable bonds is 3. The Bertz CT molecular complexity index is 571. The smallest absolute Gasteiger partial charge is 0.242 e. The molecule has 2 aliphatic heterocycles. The third-order valence-electron chi connectivity index (χ3n) is 4.44. The summed E-state index contributed by atoms with van der Waals surface area (Å²) in [7, 11) is 0. The number of nitrogens with zero attached hydrogens (tertiary/aromatic N) is 3. The largest absolute Gasteiger partial charge is 0.367 e. The van der Waals surface area contributed by atoms with E-state index in [1.54, 1.807) is 16.0 Å². The van der Waals surface area contributed by atoms with Crippen LogP contribution in [0.3, 0.4) is 0 Å². The molecule has 2 aliphatic rings. The van der Waals surface area contributed by atoms with Crippen molar-refractivity contribution in [1.82, 2.24) is 19.8 Å². The Hall–Kier alpha value is -1.89. The lowest BCUT2D eigenvalue weighted by molar-refractivity contribution is -0.145. The molecule has 2 saturated heterocycles. The maximum absolute atomic E-state index is 12.6. The van der Waals surface area contributed by atoms with E-state index in [9.17, 15) is 9.59 Å². The third-order valence-corrected chi connectivity index (χ3v) is 4.44. The molecule has 0 aromatic carbocycles. The van der Waals surface area contributed by atoms with Crippen molar-refractivity contribution in [3.8, 4) is 0 Å². The van der Waals surface area contributed by atoms with Crippen LogP contribution in [0.2, 0.25) is 0 Å². The van der Waals surface area contributed by atoms with E-state index in [0.29, 0.717) is 32.7 Å². The fourth-order valence-electron chi connectivity index (χ4n) is 3.11. The summed E-state index contributed by atoms with van der Waals surface area (Å²) in [4.78, 5) is 35.5. The highest BCUT2D eigenvalue weighted by Gasteiger charge is 2.29. The molecule has 1 aromatic rings. The van der Waals surface area contributed by atoms with E-state index in [1.165, 1.54) is 0 Å². The van der Waals surface area contributed by atoms with Gasteiger partial charge in [0, 0.05) is 31.4 Å². The van der Waals surface area contributed by atoms with E-state index >= 15 is 0 Å². The molecular weight excluding hydrogens is 296 g/mol. The quantitative estimate of drug-likeness (QED) is 0.902. The first-order valence-corrected chi connectivity index (χ1v) is 8.32. The van der Waals surface area contributed by atoms with Crippen LogP contribution >= 0.6 is 0 Å². The van der Waals surface area contributed by atoms with Gasteiger partial charge in [-0.3, -0.25) is 9.59 Å². The number of carbonyl (C=O) groups excluding carboxylic acids is 2. The fraction of sp³-hybridized carbons (Fsp3) is 0.688. The summed E-state index contributed by atoms with van der Waals surface area (Å²) < 4.78 is 5.72. The van der Waals surface area contributed by atoms with Crippen molar-refractivity contribution < 1.29 is 14.3 Å². The molecule has 0 spiro atoms. The first-order valence-electron chi connectivity index (χ1n) is 8.32. The predicted molar refractivity (Wildman–Crippen MR) is 83.6 cm³/mol. The van der Waals surface area contributed by atoms with Crippen molar-refractivity contribution in [3.05, 3.63) is 17.7 Å². The molecular formula is C16H24N4O3. The zero-order valence-electron chi connectivity index (χ0n) is 13.6. The van der Waals surface area contributed by atoms with Gasteiger partial charge in [-0.15, -0.1) is 0 Å². The Morgan fingerprint density at radius 1 is 1.39 bits per heavy atom. The lowest BCUT2D eigenvalue weighted by atomic mass is 10.2. The molecule has 0 bridgehead atoms. The number of aryl methyl sites for hydroxylation is 1. The van der Waals surface area contributed by atoms with Crippen LogP contribution in [0.4, 0.5) is 0 Å². The Morgan fingerprint density at radius 2 is 2.26 bits per heavy atom.